The number of sulfonamides is 1. The Balaban J connectivity index is 1.90. The maximum absolute atomic E-state index is 13.6. The molecule has 3 rings (SSSR count). The second-order valence-corrected chi connectivity index (χ2v) is 7.44. The second kappa shape index (κ2) is 5.54. The van der Waals surface area contributed by atoms with Crippen LogP contribution in [0.25, 0.3) is 10.6 Å². The summed E-state index contributed by atoms with van der Waals surface area (Å²) in [6.45, 7) is 1.70. The van der Waals surface area contributed by atoms with E-state index in [-0.39, 0.29) is 9.90 Å². The Labute approximate surface area is 130 Å². The highest BCUT2D eigenvalue weighted by Crippen LogP contribution is 2.32. The maximum Gasteiger partial charge on any atom is 0.271 e. The third-order valence-corrected chi connectivity index (χ3v) is 5.79. The number of aromatic nitrogens is 1. The lowest BCUT2D eigenvalue weighted by Gasteiger charge is -2.06. The number of rotatable bonds is 4. The molecule has 0 saturated heterocycles. The average molecular weight is 338 g/mol. The van der Waals surface area contributed by atoms with Crippen LogP contribution in [0.2, 0.25) is 0 Å². The van der Waals surface area contributed by atoms with Crippen molar-refractivity contribution in [2.45, 2.75) is 11.1 Å². The number of hydrogen-bond donors (Lipinski definition) is 1. The molecule has 22 heavy (non-hydrogen) atoms. The Hall–Kier alpha value is -2.19. The van der Waals surface area contributed by atoms with Gasteiger partial charge in [0.2, 0.25) is 0 Å². The van der Waals surface area contributed by atoms with Gasteiger partial charge >= 0.3 is 0 Å². The summed E-state index contributed by atoms with van der Waals surface area (Å²) in [6.07, 6.45) is 1.53. The molecule has 0 radical (unpaired) electrons. The first-order valence-electron chi connectivity index (χ1n) is 6.26. The fraction of sp³-hybridized carbons (Fsp3) is 0.0714. The van der Waals surface area contributed by atoms with E-state index in [9.17, 15) is 12.8 Å². The highest BCUT2D eigenvalue weighted by molar-refractivity contribution is 7.94. The van der Waals surface area contributed by atoms with Gasteiger partial charge in [0.25, 0.3) is 10.0 Å². The summed E-state index contributed by atoms with van der Waals surface area (Å²) >= 11 is 1.02. The van der Waals surface area contributed by atoms with Gasteiger partial charge in [-0.25, -0.2) is 17.8 Å². The number of oxazole rings is 1. The van der Waals surface area contributed by atoms with Gasteiger partial charge in [0, 0.05) is 6.92 Å². The molecular weight excluding hydrogens is 327 g/mol. The van der Waals surface area contributed by atoms with Crippen molar-refractivity contribution >= 4 is 27.0 Å². The summed E-state index contributed by atoms with van der Waals surface area (Å²) in [5.41, 5.74) is -0.0899. The van der Waals surface area contributed by atoms with Crippen LogP contribution < -0.4 is 4.72 Å². The van der Waals surface area contributed by atoms with Crippen molar-refractivity contribution in [3.63, 3.8) is 0 Å². The van der Waals surface area contributed by atoms with Crippen LogP contribution in [0, 0.1) is 12.7 Å². The fourth-order valence-electron chi connectivity index (χ4n) is 1.81. The highest BCUT2D eigenvalue weighted by Gasteiger charge is 2.20. The van der Waals surface area contributed by atoms with Gasteiger partial charge in [0.15, 0.2) is 11.7 Å². The number of nitrogens with zero attached hydrogens (tertiary/aromatic N) is 1. The molecule has 8 heteroatoms. The molecule has 0 amide bonds. The quantitative estimate of drug-likeness (QED) is 0.788. The lowest BCUT2D eigenvalue weighted by molar-refractivity contribution is 0.535. The number of aryl methyl sites for hydroxylation is 1. The highest BCUT2D eigenvalue weighted by atomic mass is 32.2. The van der Waals surface area contributed by atoms with Crippen LogP contribution >= 0.6 is 11.3 Å². The van der Waals surface area contributed by atoms with Crippen LogP contribution in [0.1, 0.15) is 5.89 Å². The minimum atomic E-state index is -3.85. The number of benzene rings is 1. The van der Waals surface area contributed by atoms with Crippen molar-refractivity contribution in [3.8, 4) is 10.6 Å². The van der Waals surface area contributed by atoms with Gasteiger partial charge in [-0.2, -0.15) is 0 Å². The van der Waals surface area contributed by atoms with Crippen LogP contribution in [0.3, 0.4) is 0 Å². The van der Waals surface area contributed by atoms with E-state index in [0.29, 0.717) is 16.5 Å². The van der Waals surface area contributed by atoms with Crippen LogP contribution in [0.4, 0.5) is 10.1 Å². The lowest BCUT2D eigenvalue weighted by atomic mass is 10.3. The molecule has 0 spiro atoms. The van der Waals surface area contributed by atoms with Gasteiger partial charge in [0.1, 0.15) is 10.0 Å². The minimum absolute atomic E-state index is 0.0693. The van der Waals surface area contributed by atoms with E-state index in [1.54, 1.807) is 19.1 Å². The molecule has 5 nitrogen and oxygen atoms in total. The van der Waals surface area contributed by atoms with Crippen molar-refractivity contribution in [2.75, 3.05) is 4.72 Å². The third-order valence-electron chi connectivity index (χ3n) is 2.83. The molecule has 2 aromatic heterocycles. The second-order valence-electron chi connectivity index (χ2n) is 4.45. The fourth-order valence-corrected chi connectivity index (χ4v) is 4.13. The number of thiophene rings is 1. The summed E-state index contributed by atoms with van der Waals surface area (Å²) in [7, 11) is -3.85. The smallest absolute Gasteiger partial charge is 0.271 e. The summed E-state index contributed by atoms with van der Waals surface area (Å²) in [6, 6.07) is 8.67. The monoisotopic (exact) mass is 338 g/mol. The molecule has 2 heterocycles. The first kappa shape index (κ1) is 14.7. The molecule has 0 atom stereocenters. The molecule has 0 fully saturated rings. The van der Waals surface area contributed by atoms with E-state index in [4.69, 9.17) is 4.42 Å². The SMILES string of the molecule is Cc1ncc(-c2ccc(S(=O)(=O)Nc3ccccc3F)s2)o1. The average Bonchev–Trinajstić information content (AvgIpc) is 3.10. The molecule has 0 aliphatic carbocycles. The zero-order chi connectivity index (χ0) is 15.7. The summed E-state index contributed by atoms with van der Waals surface area (Å²) in [5, 5.41) is 0. The number of halogens is 1. The van der Waals surface area contributed by atoms with Crippen LogP contribution in [0.5, 0.6) is 0 Å². The Morgan fingerprint density at radius 3 is 2.68 bits per heavy atom. The zero-order valence-electron chi connectivity index (χ0n) is 11.4. The summed E-state index contributed by atoms with van der Waals surface area (Å²) in [4.78, 5) is 4.60. The first-order valence-corrected chi connectivity index (χ1v) is 8.56. The van der Waals surface area contributed by atoms with Crippen molar-refractivity contribution in [2.24, 2.45) is 0 Å². The van der Waals surface area contributed by atoms with Gasteiger partial charge < -0.3 is 4.42 Å². The van der Waals surface area contributed by atoms with Crippen LogP contribution in [-0.4, -0.2) is 13.4 Å². The van der Waals surface area contributed by atoms with E-state index < -0.39 is 15.8 Å². The number of anilines is 1. The first-order chi connectivity index (χ1) is 10.5. The van der Waals surface area contributed by atoms with E-state index in [1.807, 2.05) is 0 Å². The molecule has 114 valence electrons. The van der Waals surface area contributed by atoms with Crippen molar-refractivity contribution < 1.29 is 17.2 Å². The number of nitrogens with one attached hydrogen (secondary N) is 1. The van der Waals surface area contributed by atoms with Gasteiger partial charge in [-0.15, -0.1) is 11.3 Å². The van der Waals surface area contributed by atoms with Gasteiger partial charge in [-0.3, -0.25) is 4.72 Å². The van der Waals surface area contributed by atoms with Gasteiger partial charge in [0.05, 0.1) is 16.8 Å². The summed E-state index contributed by atoms with van der Waals surface area (Å²) < 4.78 is 45.8. The molecule has 0 bridgehead atoms. The summed E-state index contributed by atoms with van der Waals surface area (Å²) in [5.74, 6) is 0.362. The Morgan fingerprint density at radius 2 is 2.00 bits per heavy atom. The molecule has 0 saturated carbocycles. The molecule has 0 unspecified atom stereocenters. The molecular formula is C14H11FN2O3S2. The van der Waals surface area contributed by atoms with Gasteiger partial charge in [-0.05, 0) is 24.3 Å². The Bertz CT molecular complexity index is 916. The van der Waals surface area contributed by atoms with E-state index in [1.165, 1.54) is 30.5 Å². The third kappa shape index (κ3) is 2.88. The normalized spacial score (nSPS) is 11.5. The Morgan fingerprint density at radius 1 is 1.23 bits per heavy atom. The predicted octanol–water partition coefficient (Wildman–Crippen LogP) is 3.65. The van der Waals surface area contributed by atoms with E-state index in [0.717, 1.165) is 11.3 Å². The van der Waals surface area contributed by atoms with Crippen molar-refractivity contribution in [3.05, 3.63) is 54.3 Å². The standard InChI is InChI=1S/C14H11FN2O3S2/c1-9-16-8-12(20-9)13-6-7-14(21-13)22(18,19)17-11-5-3-2-4-10(11)15/h2-8,17H,1H3. The largest absolute Gasteiger partial charge is 0.440 e. The number of para-hydroxylation sites is 1. The van der Waals surface area contributed by atoms with Crippen molar-refractivity contribution in [1.82, 2.24) is 4.98 Å². The molecule has 1 N–H and O–H groups in total. The number of hydrogen-bond acceptors (Lipinski definition) is 5. The topological polar surface area (TPSA) is 72.2 Å². The lowest BCUT2D eigenvalue weighted by Crippen LogP contribution is -2.12. The molecule has 3 aromatic rings. The zero-order valence-corrected chi connectivity index (χ0v) is 13.0. The van der Waals surface area contributed by atoms with Crippen LogP contribution in [-0.2, 0) is 10.0 Å². The molecule has 0 aliphatic rings. The van der Waals surface area contributed by atoms with Crippen LogP contribution in [0.15, 0.2) is 51.2 Å². The minimum Gasteiger partial charge on any atom is -0.440 e. The maximum atomic E-state index is 13.6. The van der Waals surface area contributed by atoms with Gasteiger partial charge in [-0.1, -0.05) is 12.1 Å². The molecule has 0 aliphatic heterocycles. The predicted molar refractivity (Wildman–Crippen MR) is 81.8 cm³/mol. The molecule has 1 aromatic carbocycles. The Kier molecular flexibility index (Phi) is 3.71. The van der Waals surface area contributed by atoms with Crippen molar-refractivity contribution in [1.29, 1.82) is 0 Å². The van der Waals surface area contributed by atoms with E-state index in [2.05, 4.69) is 9.71 Å². The van der Waals surface area contributed by atoms with E-state index >= 15 is 0 Å².